The Kier molecular flexibility index (Phi) is 21.1. The normalized spacial score (nSPS) is 13.9. The molecule has 1 unspecified atom stereocenters. The Labute approximate surface area is 209 Å². The molecule has 0 aliphatic heterocycles. The maximum Gasteiger partial charge on any atom is 0.472 e. The number of quaternary nitrogens is 1. The molecule has 0 fully saturated rings. The van der Waals surface area contributed by atoms with E-state index in [1.54, 1.807) is 0 Å². The molecule has 0 spiro atoms. The van der Waals surface area contributed by atoms with E-state index in [0.717, 1.165) is 19.3 Å². The van der Waals surface area contributed by atoms with Crippen LogP contribution in [0.15, 0.2) is 12.2 Å². The topological polar surface area (TPSA) is 82.1 Å². The van der Waals surface area contributed by atoms with Gasteiger partial charge in [0.1, 0.15) is 13.2 Å². The predicted octanol–water partition coefficient (Wildman–Crippen LogP) is 6.80. The Morgan fingerprint density at radius 2 is 1.29 bits per heavy atom. The van der Waals surface area contributed by atoms with E-state index in [9.17, 15) is 14.3 Å². The minimum Gasteiger partial charge on any atom is -0.466 e. The van der Waals surface area contributed by atoms with Gasteiger partial charge in [-0.1, -0.05) is 70.4 Å². The summed E-state index contributed by atoms with van der Waals surface area (Å²) in [6.45, 7) is 3.19. The van der Waals surface area contributed by atoms with E-state index in [1.165, 1.54) is 64.2 Å². The summed E-state index contributed by atoms with van der Waals surface area (Å²) in [5, 5.41) is 0. The number of phosphoric ester groups is 1. The first-order valence-electron chi connectivity index (χ1n) is 13.4. The van der Waals surface area contributed by atoms with Crippen LogP contribution in [0.1, 0.15) is 103 Å². The number of esters is 1. The smallest absolute Gasteiger partial charge is 0.466 e. The highest BCUT2D eigenvalue weighted by atomic mass is 31.2. The zero-order chi connectivity index (χ0) is 25.5. The van der Waals surface area contributed by atoms with Gasteiger partial charge < -0.3 is 14.1 Å². The van der Waals surface area contributed by atoms with Crippen LogP contribution < -0.4 is 0 Å². The summed E-state index contributed by atoms with van der Waals surface area (Å²) in [5.41, 5.74) is 0. The number of rotatable bonds is 24. The van der Waals surface area contributed by atoms with E-state index in [2.05, 4.69) is 19.1 Å². The first-order valence-corrected chi connectivity index (χ1v) is 14.9. The van der Waals surface area contributed by atoms with Gasteiger partial charge in [0.25, 0.3) is 0 Å². The van der Waals surface area contributed by atoms with Crippen LogP contribution in [0.2, 0.25) is 0 Å². The number of nitrogens with zero attached hydrogens (tertiary/aromatic N) is 1. The van der Waals surface area contributed by atoms with Crippen molar-refractivity contribution in [1.82, 2.24) is 0 Å². The van der Waals surface area contributed by atoms with Crippen LogP contribution in [0.5, 0.6) is 0 Å². The first-order chi connectivity index (χ1) is 16.2. The minimum atomic E-state index is -4.04. The van der Waals surface area contributed by atoms with Gasteiger partial charge in [-0.3, -0.25) is 13.8 Å². The van der Waals surface area contributed by atoms with Crippen molar-refractivity contribution in [2.75, 3.05) is 47.5 Å². The van der Waals surface area contributed by atoms with Crippen molar-refractivity contribution >= 4 is 13.8 Å². The molecular weight excluding hydrogens is 453 g/mol. The first kappa shape index (κ1) is 33.3. The fraction of sp³-hybridized carbons (Fsp3) is 0.885. The summed E-state index contributed by atoms with van der Waals surface area (Å²) in [6, 6.07) is 0. The molecule has 0 radical (unpaired) electrons. The highest BCUT2D eigenvalue weighted by Crippen LogP contribution is 2.43. The Hall–Kier alpha value is -0.720. The average molecular weight is 507 g/mol. The molecule has 0 amide bonds. The summed E-state index contributed by atoms with van der Waals surface area (Å²) in [5.74, 6) is -0.215. The standard InChI is InChI=1S/C26H52NO6P/c1-5-6-7-8-9-10-11-12-13-14-15-16-17-18-19-21-26(28)31-23-20-24-32-34(29,30)33-25-22-27(2,3)4/h10-11H,5-9,12-25H2,1-4H3/p+1/b11-10-. The van der Waals surface area contributed by atoms with Gasteiger partial charge in [0.05, 0.1) is 34.4 Å². The lowest BCUT2D eigenvalue weighted by Crippen LogP contribution is -2.37. The zero-order valence-corrected chi connectivity index (χ0v) is 23.4. The molecule has 0 rings (SSSR count). The van der Waals surface area contributed by atoms with E-state index in [0.29, 0.717) is 23.9 Å². The van der Waals surface area contributed by atoms with Crippen molar-refractivity contribution in [3.05, 3.63) is 12.2 Å². The maximum atomic E-state index is 11.8. The zero-order valence-electron chi connectivity index (χ0n) is 22.5. The Morgan fingerprint density at radius 3 is 1.88 bits per heavy atom. The van der Waals surface area contributed by atoms with Gasteiger partial charge in [0.2, 0.25) is 0 Å². The quantitative estimate of drug-likeness (QED) is 0.0510. The molecule has 0 heterocycles. The summed E-state index contributed by atoms with van der Waals surface area (Å²) >= 11 is 0. The van der Waals surface area contributed by atoms with Gasteiger partial charge >= 0.3 is 13.8 Å². The van der Waals surface area contributed by atoms with E-state index < -0.39 is 7.82 Å². The second-order valence-electron chi connectivity index (χ2n) is 10.1. The van der Waals surface area contributed by atoms with E-state index >= 15 is 0 Å². The van der Waals surface area contributed by atoms with Crippen LogP contribution >= 0.6 is 7.82 Å². The van der Waals surface area contributed by atoms with Crippen LogP contribution in [0.4, 0.5) is 0 Å². The molecule has 0 aliphatic rings. The Balaban J connectivity index is 3.44. The summed E-state index contributed by atoms with van der Waals surface area (Å²) in [7, 11) is 1.87. The summed E-state index contributed by atoms with van der Waals surface area (Å²) < 4.78 is 27.4. The minimum absolute atomic E-state index is 0.0141. The predicted molar refractivity (Wildman–Crippen MR) is 140 cm³/mol. The van der Waals surface area contributed by atoms with Gasteiger partial charge in [-0.25, -0.2) is 4.57 Å². The van der Waals surface area contributed by atoms with Crippen LogP contribution in [0.25, 0.3) is 0 Å². The summed E-state index contributed by atoms with van der Waals surface area (Å²) in [6.07, 6.45) is 21.4. The number of hydrogen-bond donors (Lipinski definition) is 1. The van der Waals surface area contributed by atoms with E-state index in [4.69, 9.17) is 13.8 Å². The number of phosphoric acid groups is 1. The monoisotopic (exact) mass is 506 g/mol. The summed E-state index contributed by atoms with van der Waals surface area (Å²) in [4.78, 5) is 21.4. The van der Waals surface area contributed by atoms with Crippen molar-refractivity contribution in [2.24, 2.45) is 0 Å². The lowest BCUT2D eigenvalue weighted by molar-refractivity contribution is -0.870. The SMILES string of the molecule is CCCCCC/C=C\CCCCCCCCCC(=O)OCCCOP(=O)(O)OCC[N+](C)(C)C. The molecule has 202 valence electrons. The van der Waals surface area contributed by atoms with Crippen molar-refractivity contribution in [2.45, 2.75) is 103 Å². The second kappa shape index (κ2) is 21.6. The fourth-order valence-corrected chi connectivity index (χ4v) is 4.05. The molecule has 0 aromatic heterocycles. The van der Waals surface area contributed by atoms with Gasteiger partial charge in [-0.2, -0.15) is 0 Å². The Bertz CT molecular complexity index is 562. The van der Waals surface area contributed by atoms with E-state index in [-0.39, 0.29) is 25.8 Å². The molecule has 8 heteroatoms. The number of hydrogen-bond acceptors (Lipinski definition) is 5. The Morgan fingerprint density at radius 1 is 0.765 bits per heavy atom. The van der Waals surface area contributed by atoms with Crippen LogP contribution in [-0.2, 0) is 23.1 Å². The molecule has 0 saturated carbocycles. The third-order valence-electron chi connectivity index (χ3n) is 5.47. The number of carbonyl (C=O) groups excluding carboxylic acids is 1. The number of allylic oxidation sites excluding steroid dienone is 2. The van der Waals surface area contributed by atoms with Gasteiger partial charge in [-0.05, 0) is 32.1 Å². The van der Waals surface area contributed by atoms with Crippen molar-refractivity contribution < 1.29 is 32.5 Å². The van der Waals surface area contributed by atoms with Crippen molar-refractivity contribution in [3.8, 4) is 0 Å². The number of carbonyl (C=O) groups is 1. The van der Waals surface area contributed by atoms with Gasteiger partial charge in [-0.15, -0.1) is 0 Å². The highest BCUT2D eigenvalue weighted by Gasteiger charge is 2.22. The fourth-order valence-electron chi connectivity index (χ4n) is 3.30. The highest BCUT2D eigenvalue weighted by molar-refractivity contribution is 7.47. The number of unbranched alkanes of at least 4 members (excludes halogenated alkanes) is 11. The van der Waals surface area contributed by atoms with Crippen molar-refractivity contribution in [3.63, 3.8) is 0 Å². The lowest BCUT2D eigenvalue weighted by atomic mass is 10.1. The van der Waals surface area contributed by atoms with Crippen molar-refractivity contribution in [1.29, 1.82) is 0 Å². The average Bonchev–Trinajstić information content (AvgIpc) is 2.75. The van der Waals surface area contributed by atoms with E-state index in [1.807, 2.05) is 21.1 Å². The number of likely N-dealkylation sites (N-methyl/N-ethyl adjacent to an activating group) is 1. The third kappa shape index (κ3) is 25.9. The molecule has 34 heavy (non-hydrogen) atoms. The molecule has 0 aromatic carbocycles. The van der Waals surface area contributed by atoms with Crippen LogP contribution in [-0.4, -0.2) is 62.9 Å². The molecule has 1 atom stereocenters. The molecule has 0 aromatic rings. The molecule has 0 aliphatic carbocycles. The van der Waals surface area contributed by atoms with Crippen LogP contribution in [0.3, 0.4) is 0 Å². The molecular formula is C26H53NO6P+. The van der Waals surface area contributed by atoms with Gasteiger partial charge in [0.15, 0.2) is 0 Å². The van der Waals surface area contributed by atoms with Gasteiger partial charge in [0, 0.05) is 12.8 Å². The largest absolute Gasteiger partial charge is 0.472 e. The molecule has 7 nitrogen and oxygen atoms in total. The number of ether oxygens (including phenoxy) is 1. The molecule has 0 saturated heterocycles. The third-order valence-corrected chi connectivity index (χ3v) is 6.48. The van der Waals surface area contributed by atoms with Crippen LogP contribution in [0, 0.1) is 0 Å². The lowest BCUT2D eigenvalue weighted by Gasteiger charge is -2.24. The maximum absolute atomic E-state index is 11.8. The second-order valence-corrected chi connectivity index (χ2v) is 11.5. The molecule has 1 N–H and O–H groups in total. The molecule has 0 bridgehead atoms.